The van der Waals surface area contributed by atoms with Gasteiger partial charge in [0.15, 0.2) is 0 Å². The number of nitrogens with one attached hydrogen (secondary N) is 2. The molecule has 0 aliphatic carbocycles. The van der Waals surface area contributed by atoms with Gasteiger partial charge >= 0.3 is 0 Å². The van der Waals surface area contributed by atoms with Crippen LogP contribution in [-0.2, 0) is 14.8 Å². The number of benzene rings is 2. The maximum absolute atomic E-state index is 12.6. The lowest BCUT2D eigenvalue weighted by atomic mass is 10.0. The Hall–Kier alpha value is -1.87. The van der Waals surface area contributed by atoms with Gasteiger partial charge in [0.2, 0.25) is 10.0 Å². The number of carbonyl (C=O) groups is 1. The van der Waals surface area contributed by atoms with Crippen molar-refractivity contribution in [2.24, 2.45) is 0 Å². The molecule has 1 aliphatic heterocycles. The van der Waals surface area contributed by atoms with E-state index in [-0.39, 0.29) is 29.5 Å². The minimum Gasteiger partial charge on any atom is -0.383 e. The minimum atomic E-state index is -3.66. The molecule has 1 heterocycles. The molecule has 0 saturated carbocycles. The Labute approximate surface area is 170 Å². The average Bonchev–Trinajstić information content (AvgIpc) is 2.68. The molecule has 3 rings (SSSR count). The molecular weight excluding hydrogens is 396 g/mol. The summed E-state index contributed by atoms with van der Waals surface area (Å²) in [6, 6.07) is 13.7. The lowest BCUT2D eigenvalue weighted by Gasteiger charge is -2.25. The molecule has 0 fully saturated rings. The Bertz CT molecular complexity index is 929. The van der Waals surface area contributed by atoms with Gasteiger partial charge in [-0.05, 0) is 49.2 Å². The Morgan fingerprint density at radius 2 is 1.93 bits per heavy atom. The van der Waals surface area contributed by atoms with Crippen molar-refractivity contribution in [3.63, 3.8) is 0 Å². The first-order valence-corrected chi connectivity index (χ1v) is 11.5. The Balaban J connectivity index is 1.69. The van der Waals surface area contributed by atoms with E-state index in [1.165, 1.54) is 36.3 Å². The summed E-state index contributed by atoms with van der Waals surface area (Å²) in [5.41, 5.74) is 1.56. The fraction of sp³-hybridized carbons (Fsp3) is 0.350. The van der Waals surface area contributed by atoms with Crippen LogP contribution in [0.5, 0.6) is 0 Å². The van der Waals surface area contributed by atoms with Crippen molar-refractivity contribution in [1.29, 1.82) is 0 Å². The number of amides is 1. The summed E-state index contributed by atoms with van der Waals surface area (Å²) in [4.78, 5) is 14.0. The quantitative estimate of drug-likeness (QED) is 0.719. The number of carbonyl (C=O) groups excluding carboxylic acids is 1. The minimum absolute atomic E-state index is 0.0371. The Morgan fingerprint density at radius 3 is 2.64 bits per heavy atom. The largest absolute Gasteiger partial charge is 0.383 e. The van der Waals surface area contributed by atoms with E-state index in [1.54, 1.807) is 18.7 Å². The number of hydrogen-bond donors (Lipinski definition) is 2. The SMILES string of the molecule is COC[C@H](C)NS(=O)(=O)c1ccc(C(=O)N[C@H]2CCSc3ccccc32)cc1. The molecule has 2 aromatic carbocycles. The van der Waals surface area contributed by atoms with Gasteiger partial charge in [0.05, 0.1) is 17.5 Å². The summed E-state index contributed by atoms with van der Waals surface area (Å²) < 4.78 is 32.3. The second-order valence-electron chi connectivity index (χ2n) is 6.70. The molecule has 8 heteroatoms. The van der Waals surface area contributed by atoms with Crippen LogP contribution < -0.4 is 10.0 Å². The second-order valence-corrected chi connectivity index (χ2v) is 9.55. The van der Waals surface area contributed by atoms with Gasteiger partial charge in [-0.3, -0.25) is 4.79 Å². The van der Waals surface area contributed by atoms with Gasteiger partial charge in [0, 0.05) is 29.4 Å². The van der Waals surface area contributed by atoms with Crippen molar-refractivity contribution in [2.45, 2.75) is 35.2 Å². The van der Waals surface area contributed by atoms with Gasteiger partial charge in [-0.15, -0.1) is 11.8 Å². The first-order chi connectivity index (χ1) is 13.4. The molecule has 0 aromatic heterocycles. The summed E-state index contributed by atoms with van der Waals surface area (Å²) in [7, 11) is -2.14. The van der Waals surface area contributed by atoms with Crippen LogP contribution in [0.2, 0.25) is 0 Å². The zero-order chi connectivity index (χ0) is 20.1. The van der Waals surface area contributed by atoms with Gasteiger partial charge in [-0.2, -0.15) is 0 Å². The summed E-state index contributed by atoms with van der Waals surface area (Å²) in [5, 5.41) is 3.06. The van der Waals surface area contributed by atoms with Gasteiger partial charge in [0.25, 0.3) is 5.91 Å². The topological polar surface area (TPSA) is 84.5 Å². The molecule has 0 unspecified atom stereocenters. The molecule has 0 spiro atoms. The average molecular weight is 421 g/mol. The van der Waals surface area contributed by atoms with E-state index in [1.807, 2.05) is 18.2 Å². The third-order valence-electron chi connectivity index (χ3n) is 4.46. The number of rotatable bonds is 7. The van der Waals surface area contributed by atoms with Crippen LogP contribution in [0.4, 0.5) is 0 Å². The van der Waals surface area contributed by atoms with Crippen LogP contribution in [0.15, 0.2) is 58.3 Å². The molecule has 6 nitrogen and oxygen atoms in total. The highest BCUT2D eigenvalue weighted by atomic mass is 32.2. The van der Waals surface area contributed by atoms with Crippen LogP contribution in [0.25, 0.3) is 0 Å². The normalized spacial score (nSPS) is 17.6. The summed E-state index contributed by atoms with van der Waals surface area (Å²) >= 11 is 1.79. The molecule has 0 saturated heterocycles. The van der Waals surface area contributed by atoms with Crippen molar-refractivity contribution in [2.75, 3.05) is 19.5 Å². The predicted molar refractivity (Wildman–Crippen MR) is 110 cm³/mol. The van der Waals surface area contributed by atoms with Gasteiger partial charge in [0.1, 0.15) is 0 Å². The number of sulfonamides is 1. The summed E-state index contributed by atoms with van der Waals surface area (Å²) in [5.74, 6) is 0.737. The monoisotopic (exact) mass is 420 g/mol. The van der Waals surface area contributed by atoms with Crippen molar-refractivity contribution < 1.29 is 17.9 Å². The first-order valence-electron chi connectivity index (χ1n) is 9.04. The highest BCUT2D eigenvalue weighted by Crippen LogP contribution is 2.35. The third-order valence-corrected chi connectivity index (χ3v) is 7.19. The summed E-state index contributed by atoms with van der Waals surface area (Å²) in [6.07, 6.45) is 0.862. The number of ether oxygens (including phenoxy) is 1. The zero-order valence-corrected chi connectivity index (χ0v) is 17.5. The van der Waals surface area contributed by atoms with E-state index in [9.17, 15) is 13.2 Å². The van der Waals surface area contributed by atoms with Crippen molar-refractivity contribution in [1.82, 2.24) is 10.0 Å². The predicted octanol–water partition coefficient (Wildman–Crippen LogP) is 2.97. The number of hydrogen-bond acceptors (Lipinski definition) is 5. The molecule has 2 N–H and O–H groups in total. The molecule has 0 radical (unpaired) electrons. The highest BCUT2D eigenvalue weighted by Gasteiger charge is 2.23. The van der Waals surface area contributed by atoms with Gasteiger partial charge in [-0.25, -0.2) is 13.1 Å². The highest BCUT2D eigenvalue weighted by molar-refractivity contribution is 7.99. The number of fused-ring (bicyclic) bond motifs is 1. The van der Waals surface area contributed by atoms with Crippen molar-refractivity contribution >= 4 is 27.7 Å². The van der Waals surface area contributed by atoms with Crippen LogP contribution in [0.3, 0.4) is 0 Å². The number of methoxy groups -OCH3 is 1. The van der Waals surface area contributed by atoms with E-state index >= 15 is 0 Å². The van der Waals surface area contributed by atoms with Gasteiger partial charge in [-0.1, -0.05) is 18.2 Å². The van der Waals surface area contributed by atoms with E-state index in [2.05, 4.69) is 16.1 Å². The molecule has 2 aromatic rings. The maximum atomic E-state index is 12.6. The second kappa shape index (κ2) is 9.09. The molecule has 1 amide bonds. The van der Waals surface area contributed by atoms with Crippen molar-refractivity contribution in [3.8, 4) is 0 Å². The smallest absolute Gasteiger partial charge is 0.251 e. The van der Waals surface area contributed by atoms with E-state index in [0.29, 0.717) is 5.56 Å². The summed E-state index contributed by atoms with van der Waals surface area (Å²) in [6.45, 7) is 2.00. The molecule has 28 heavy (non-hydrogen) atoms. The maximum Gasteiger partial charge on any atom is 0.251 e. The molecule has 150 valence electrons. The van der Waals surface area contributed by atoms with Crippen molar-refractivity contribution in [3.05, 3.63) is 59.7 Å². The lowest BCUT2D eigenvalue weighted by molar-refractivity contribution is 0.0935. The van der Waals surface area contributed by atoms with E-state index < -0.39 is 10.0 Å². The lowest BCUT2D eigenvalue weighted by Crippen LogP contribution is -2.35. The van der Waals surface area contributed by atoms with Crippen LogP contribution in [0.1, 0.15) is 35.3 Å². The standard InChI is InChI=1S/C20H24N2O4S2/c1-14(13-26-2)22-28(24,25)16-9-7-15(8-10-16)20(23)21-18-11-12-27-19-6-4-3-5-17(18)19/h3-10,14,18,22H,11-13H2,1-2H3,(H,21,23)/t14-,18-/m0/s1. The fourth-order valence-corrected chi connectivity index (χ4v) is 5.49. The van der Waals surface area contributed by atoms with Crippen LogP contribution >= 0.6 is 11.8 Å². The zero-order valence-electron chi connectivity index (χ0n) is 15.8. The van der Waals surface area contributed by atoms with Crippen LogP contribution in [0, 0.1) is 0 Å². The third kappa shape index (κ3) is 4.94. The molecule has 1 aliphatic rings. The van der Waals surface area contributed by atoms with Gasteiger partial charge < -0.3 is 10.1 Å². The molecular formula is C20H24N2O4S2. The van der Waals surface area contributed by atoms with Crippen LogP contribution in [-0.4, -0.2) is 39.8 Å². The number of thioether (sulfide) groups is 1. The molecule has 2 atom stereocenters. The van der Waals surface area contributed by atoms with E-state index in [4.69, 9.17) is 4.74 Å². The molecule has 0 bridgehead atoms. The first kappa shape index (κ1) is 20.9. The van der Waals surface area contributed by atoms with E-state index in [0.717, 1.165) is 17.7 Å². The Kier molecular flexibility index (Phi) is 6.77. The Morgan fingerprint density at radius 1 is 1.21 bits per heavy atom. The fourth-order valence-electron chi connectivity index (χ4n) is 3.14.